The average Bonchev–Trinajstić information content (AvgIpc) is 3.01. The molecule has 0 aliphatic carbocycles. The van der Waals surface area contributed by atoms with Crippen molar-refractivity contribution in [3.63, 3.8) is 0 Å². The summed E-state index contributed by atoms with van der Waals surface area (Å²) in [6.07, 6.45) is 0.761. The molecule has 0 spiro atoms. The van der Waals surface area contributed by atoms with Crippen LogP contribution in [0.15, 0.2) is 37.9 Å². The molecule has 0 radical (unpaired) electrons. The fourth-order valence-corrected chi connectivity index (χ4v) is 2.97. The zero-order valence-corrected chi connectivity index (χ0v) is 14.2. The second-order valence-electron chi connectivity index (χ2n) is 4.99. The molecule has 0 unspecified atom stereocenters. The highest BCUT2D eigenvalue weighted by atomic mass is 35.7. The van der Waals surface area contributed by atoms with Gasteiger partial charge in [0, 0.05) is 10.7 Å². The molecule has 0 amide bonds. The van der Waals surface area contributed by atoms with Gasteiger partial charge in [0.25, 0.3) is 14.6 Å². The van der Waals surface area contributed by atoms with Crippen LogP contribution in [-0.2, 0) is 9.05 Å². The molecule has 0 fully saturated rings. The number of ether oxygens (including phenoxy) is 1. The predicted octanol–water partition coefficient (Wildman–Crippen LogP) is 0.363. The minimum absolute atomic E-state index is 0.118. The van der Waals surface area contributed by atoms with Gasteiger partial charge in [-0.3, -0.25) is 9.79 Å². The van der Waals surface area contributed by atoms with E-state index in [1.54, 1.807) is 0 Å². The van der Waals surface area contributed by atoms with E-state index in [1.807, 2.05) is 6.92 Å². The first-order valence-corrected chi connectivity index (χ1v) is 9.42. The Balaban J connectivity index is 2.23. The zero-order chi connectivity index (χ0) is 17.3. The van der Waals surface area contributed by atoms with Crippen molar-refractivity contribution in [1.82, 2.24) is 9.97 Å². The van der Waals surface area contributed by atoms with Crippen molar-refractivity contribution in [3.05, 3.63) is 39.4 Å². The van der Waals surface area contributed by atoms with Crippen LogP contribution in [0.5, 0.6) is 5.75 Å². The summed E-state index contributed by atoms with van der Waals surface area (Å²) in [4.78, 5) is 26.8. The number of nitrogens with one attached hydrogen (secondary N) is 1. The lowest BCUT2D eigenvalue weighted by Crippen LogP contribution is -2.41. The van der Waals surface area contributed by atoms with Crippen LogP contribution in [0.25, 0.3) is 11.4 Å². The third-order valence-electron chi connectivity index (χ3n) is 3.28. The van der Waals surface area contributed by atoms with Crippen molar-refractivity contribution < 1.29 is 13.2 Å². The first kappa shape index (κ1) is 16.6. The molecule has 0 saturated carbocycles. The van der Waals surface area contributed by atoms with E-state index >= 15 is 0 Å². The van der Waals surface area contributed by atoms with Gasteiger partial charge in [-0.15, -0.1) is 0 Å². The van der Waals surface area contributed by atoms with Gasteiger partial charge in [0.15, 0.2) is 10.8 Å². The summed E-state index contributed by atoms with van der Waals surface area (Å²) in [5, 5.41) is 0.163. The second kappa shape index (κ2) is 6.33. The summed E-state index contributed by atoms with van der Waals surface area (Å²) in [5.41, 5.74) is 0.0818. The third kappa shape index (κ3) is 3.17. The topological polar surface area (TPSA) is 114 Å². The van der Waals surface area contributed by atoms with Crippen LogP contribution in [0.3, 0.4) is 0 Å². The number of hydrogen-bond donors (Lipinski definition) is 1. The minimum atomic E-state index is -3.94. The fourth-order valence-electron chi connectivity index (χ4n) is 2.19. The lowest BCUT2D eigenvalue weighted by atomic mass is 10.2. The Kier molecular flexibility index (Phi) is 4.37. The normalized spacial score (nSPS) is 13.1. The lowest BCUT2D eigenvalue weighted by Gasteiger charge is -2.11. The van der Waals surface area contributed by atoms with E-state index in [0.717, 1.165) is 6.42 Å². The van der Waals surface area contributed by atoms with Gasteiger partial charge in [0.1, 0.15) is 18.2 Å². The summed E-state index contributed by atoms with van der Waals surface area (Å²) in [6.45, 7) is 2.51. The molecule has 126 valence electrons. The molecule has 24 heavy (non-hydrogen) atoms. The smallest absolute Gasteiger partial charge is 0.278 e. The molecule has 1 aromatic carbocycles. The van der Waals surface area contributed by atoms with Gasteiger partial charge in [0.2, 0.25) is 0 Å². The van der Waals surface area contributed by atoms with Gasteiger partial charge in [0.05, 0.1) is 17.1 Å². The van der Waals surface area contributed by atoms with E-state index < -0.39 is 14.6 Å². The van der Waals surface area contributed by atoms with E-state index in [-0.39, 0.29) is 28.2 Å². The van der Waals surface area contributed by atoms with Gasteiger partial charge in [-0.05, 0) is 24.6 Å². The summed E-state index contributed by atoms with van der Waals surface area (Å²) in [7, 11) is 1.47. The molecule has 1 aliphatic rings. The number of H-pyrrole nitrogens is 1. The maximum Gasteiger partial charge on any atom is 0.278 e. The lowest BCUT2D eigenvalue weighted by molar-refractivity contribution is 0.318. The zero-order valence-electron chi connectivity index (χ0n) is 12.6. The largest absolute Gasteiger partial charge is 0.493 e. The molecule has 1 aliphatic heterocycles. The molecule has 1 aromatic heterocycles. The highest BCUT2D eigenvalue weighted by molar-refractivity contribution is 8.13. The molecule has 2 aromatic rings. The molecule has 0 atom stereocenters. The maximum atomic E-state index is 12.1. The summed E-state index contributed by atoms with van der Waals surface area (Å²) in [6, 6.07) is 4.13. The Bertz CT molecular complexity index is 1080. The summed E-state index contributed by atoms with van der Waals surface area (Å²) in [5.74, 6) is 0.534. The Hall–Kier alpha value is -2.26. The molecule has 3 rings (SSSR count). The SMILES string of the molecule is CCCOc1ccc(S(=O)(=O)Cl)cc1-c1nc2c(c(=O)[nH]1)=NCN=2. The highest BCUT2D eigenvalue weighted by Crippen LogP contribution is 2.30. The van der Waals surface area contributed by atoms with E-state index in [4.69, 9.17) is 15.4 Å². The van der Waals surface area contributed by atoms with Gasteiger partial charge in [-0.2, -0.15) is 0 Å². The van der Waals surface area contributed by atoms with Crippen LogP contribution in [-0.4, -0.2) is 31.7 Å². The molecule has 0 saturated heterocycles. The number of aromatic amines is 1. The van der Waals surface area contributed by atoms with Gasteiger partial charge in [-0.1, -0.05) is 6.92 Å². The van der Waals surface area contributed by atoms with Crippen LogP contribution in [0.1, 0.15) is 13.3 Å². The maximum absolute atomic E-state index is 12.1. The van der Waals surface area contributed by atoms with E-state index in [2.05, 4.69) is 20.0 Å². The van der Waals surface area contributed by atoms with E-state index in [1.165, 1.54) is 18.2 Å². The molecular weight excluding hydrogens is 356 g/mol. The third-order valence-corrected chi connectivity index (χ3v) is 4.63. The standard InChI is InChI=1S/C14H13ClN4O4S/c1-2-5-23-10-4-3-8(24(15,21)22)6-9(10)12-18-13-11(14(20)19-12)16-7-17-13/h3-4,6H,2,5,7H2,1H3,(H,17,18,19,20). The van der Waals surface area contributed by atoms with Crippen molar-refractivity contribution in [2.75, 3.05) is 13.3 Å². The predicted molar refractivity (Wildman–Crippen MR) is 86.3 cm³/mol. The number of halogens is 1. The fraction of sp³-hybridized carbons (Fsp3) is 0.286. The molecular formula is C14H13ClN4O4S. The van der Waals surface area contributed by atoms with Crippen molar-refractivity contribution >= 4 is 19.7 Å². The average molecular weight is 369 g/mol. The van der Waals surface area contributed by atoms with Crippen molar-refractivity contribution in [2.45, 2.75) is 18.2 Å². The van der Waals surface area contributed by atoms with Crippen LogP contribution >= 0.6 is 10.7 Å². The monoisotopic (exact) mass is 368 g/mol. The van der Waals surface area contributed by atoms with Gasteiger partial charge >= 0.3 is 0 Å². The number of rotatable bonds is 5. The van der Waals surface area contributed by atoms with Gasteiger partial charge in [-0.25, -0.2) is 18.4 Å². The number of benzene rings is 1. The van der Waals surface area contributed by atoms with Crippen LogP contribution in [0, 0.1) is 0 Å². The van der Waals surface area contributed by atoms with Gasteiger partial charge < -0.3 is 9.72 Å². The summed E-state index contributed by atoms with van der Waals surface area (Å²) < 4.78 is 28.8. The molecule has 10 heteroatoms. The Labute approximate surface area is 141 Å². The molecule has 8 nitrogen and oxygen atoms in total. The number of nitrogens with zero attached hydrogens (tertiary/aromatic N) is 3. The number of hydrogen-bond acceptors (Lipinski definition) is 7. The van der Waals surface area contributed by atoms with Crippen molar-refractivity contribution in [3.8, 4) is 17.1 Å². The van der Waals surface area contributed by atoms with Crippen LogP contribution in [0.4, 0.5) is 0 Å². The highest BCUT2D eigenvalue weighted by Gasteiger charge is 2.17. The Morgan fingerprint density at radius 2 is 2.12 bits per heavy atom. The van der Waals surface area contributed by atoms with E-state index in [0.29, 0.717) is 17.9 Å². The first-order chi connectivity index (χ1) is 11.4. The number of fused-ring (bicyclic) bond motifs is 1. The van der Waals surface area contributed by atoms with E-state index in [9.17, 15) is 13.2 Å². The van der Waals surface area contributed by atoms with Crippen LogP contribution < -0.4 is 21.1 Å². The minimum Gasteiger partial charge on any atom is -0.493 e. The van der Waals surface area contributed by atoms with Crippen LogP contribution in [0.2, 0.25) is 0 Å². The van der Waals surface area contributed by atoms with Crippen molar-refractivity contribution in [2.24, 2.45) is 9.98 Å². The first-order valence-electron chi connectivity index (χ1n) is 7.11. The quantitative estimate of drug-likeness (QED) is 0.765. The molecule has 1 N–H and O–H groups in total. The molecule has 2 heterocycles. The molecule has 0 bridgehead atoms. The summed E-state index contributed by atoms with van der Waals surface area (Å²) >= 11 is 0. The Morgan fingerprint density at radius 1 is 1.33 bits per heavy atom. The second-order valence-corrected chi connectivity index (χ2v) is 7.55. The number of aromatic nitrogens is 2. The van der Waals surface area contributed by atoms with Crippen molar-refractivity contribution in [1.29, 1.82) is 0 Å². The Morgan fingerprint density at radius 3 is 2.83 bits per heavy atom.